The van der Waals surface area contributed by atoms with Crippen molar-refractivity contribution >= 4 is 5.97 Å². The molecule has 1 saturated heterocycles. The van der Waals surface area contributed by atoms with E-state index in [0.29, 0.717) is 0 Å². The maximum atomic E-state index is 11.3. The van der Waals surface area contributed by atoms with E-state index in [4.69, 9.17) is 0 Å². The molecule has 2 atom stereocenters. The molecule has 26 heavy (non-hydrogen) atoms. The van der Waals surface area contributed by atoms with Crippen LogP contribution in [0.5, 0.6) is 0 Å². The first-order chi connectivity index (χ1) is 12.6. The van der Waals surface area contributed by atoms with Crippen molar-refractivity contribution in [3.8, 4) is 22.4 Å². The highest BCUT2D eigenvalue weighted by Gasteiger charge is 2.33. The third kappa shape index (κ3) is 2.97. The Hall–Kier alpha value is -3.07. The molecule has 0 amide bonds. The van der Waals surface area contributed by atoms with Gasteiger partial charge in [0.25, 0.3) is 0 Å². The van der Waals surface area contributed by atoms with Crippen LogP contribution in [0.2, 0.25) is 0 Å². The van der Waals surface area contributed by atoms with Crippen molar-refractivity contribution < 1.29 is 9.90 Å². The summed E-state index contributed by atoms with van der Waals surface area (Å²) in [4.78, 5) is 11.3. The monoisotopic (exact) mass is 350 g/mol. The quantitative estimate of drug-likeness (QED) is 0.561. The van der Waals surface area contributed by atoms with Gasteiger partial charge in [0.1, 0.15) is 6.04 Å². The number of rotatable bonds is 4. The van der Waals surface area contributed by atoms with Gasteiger partial charge in [-0.2, -0.15) is 5.53 Å². The number of aryl methyl sites for hydroxylation is 1. The van der Waals surface area contributed by atoms with Gasteiger partial charge in [0.2, 0.25) is 0 Å². The molecule has 0 aliphatic carbocycles. The predicted molar refractivity (Wildman–Crippen MR) is 95.4 cm³/mol. The van der Waals surface area contributed by atoms with E-state index in [9.17, 15) is 9.90 Å². The molecule has 0 bridgehead atoms. The van der Waals surface area contributed by atoms with Crippen molar-refractivity contribution in [1.82, 2.24) is 31.4 Å². The number of hydrogen-bond acceptors (Lipinski definition) is 6. The number of nitrogens with one attached hydrogen (secondary N) is 3. The highest BCUT2D eigenvalue weighted by Crippen LogP contribution is 2.26. The topological polar surface area (TPSA) is 104 Å². The fourth-order valence-corrected chi connectivity index (χ4v) is 3.11. The van der Waals surface area contributed by atoms with Gasteiger partial charge in [-0.1, -0.05) is 53.7 Å². The molecular weight excluding hydrogens is 332 g/mol. The number of carboxylic acid groups (broad SMARTS) is 1. The van der Waals surface area contributed by atoms with Crippen molar-refractivity contribution in [3.05, 3.63) is 60.3 Å². The van der Waals surface area contributed by atoms with E-state index in [2.05, 4.69) is 26.7 Å². The molecule has 4 N–H and O–H groups in total. The molecule has 3 aromatic rings. The Morgan fingerprint density at radius 1 is 1.00 bits per heavy atom. The maximum absolute atomic E-state index is 11.3. The van der Waals surface area contributed by atoms with E-state index in [1.807, 2.05) is 55.6 Å². The second kappa shape index (κ2) is 6.68. The molecule has 1 aromatic heterocycles. The van der Waals surface area contributed by atoms with Crippen molar-refractivity contribution in [3.63, 3.8) is 0 Å². The summed E-state index contributed by atoms with van der Waals surface area (Å²) < 4.78 is 1.74. The number of hydrogen-bond donors (Lipinski definition) is 4. The third-order valence-corrected chi connectivity index (χ3v) is 4.55. The lowest BCUT2D eigenvalue weighted by Gasteiger charge is -2.15. The summed E-state index contributed by atoms with van der Waals surface area (Å²) in [6.07, 6.45) is 1.74. The Labute approximate surface area is 149 Å². The molecule has 8 nitrogen and oxygen atoms in total. The normalized spacial score (nSPS) is 19.6. The maximum Gasteiger partial charge on any atom is 0.324 e. The molecule has 1 aliphatic heterocycles. The van der Waals surface area contributed by atoms with Gasteiger partial charge in [-0.05, 0) is 16.7 Å². The Morgan fingerprint density at radius 2 is 1.62 bits per heavy atom. The van der Waals surface area contributed by atoms with Crippen molar-refractivity contribution in [2.24, 2.45) is 7.05 Å². The Kier molecular flexibility index (Phi) is 4.21. The first kappa shape index (κ1) is 16.4. The van der Waals surface area contributed by atoms with Crippen LogP contribution in [-0.2, 0) is 11.8 Å². The standard InChI is InChI=1S/C18H18N6O2/c1-24-15(10-19-23-24)13-6-2-11(3-7-13)12-4-8-14(9-5-12)16-17(18(25)26)21-22-20-16/h2-10,16-17,20-22H,1H3,(H,25,26). The van der Waals surface area contributed by atoms with Gasteiger partial charge in [-0.25, -0.2) is 15.5 Å². The largest absolute Gasteiger partial charge is 0.480 e. The summed E-state index contributed by atoms with van der Waals surface area (Å²) in [5.41, 5.74) is 13.4. The third-order valence-electron chi connectivity index (χ3n) is 4.55. The fourth-order valence-electron chi connectivity index (χ4n) is 3.11. The predicted octanol–water partition coefficient (Wildman–Crippen LogP) is 1.26. The second-order valence-corrected chi connectivity index (χ2v) is 6.15. The fraction of sp³-hybridized carbons (Fsp3) is 0.167. The summed E-state index contributed by atoms with van der Waals surface area (Å²) in [6, 6.07) is 15.0. The molecular formula is C18H18N6O2. The van der Waals surface area contributed by atoms with Crippen molar-refractivity contribution in [2.75, 3.05) is 0 Å². The molecule has 132 valence electrons. The zero-order chi connectivity index (χ0) is 18.1. The van der Waals surface area contributed by atoms with Crippen LogP contribution in [0.3, 0.4) is 0 Å². The van der Waals surface area contributed by atoms with Gasteiger partial charge >= 0.3 is 5.97 Å². The first-order valence-electron chi connectivity index (χ1n) is 8.18. The summed E-state index contributed by atoms with van der Waals surface area (Å²) in [7, 11) is 1.86. The SMILES string of the molecule is Cn1nncc1-c1ccc(-c2ccc(C3NNNC3C(=O)O)cc2)cc1. The van der Waals surface area contributed by atoms with E-state index in [1.54, 1.807) is 10.9 Å². The van der Waals surface area contributed by atoms with Crippen LogP contribution >= 0.6 is 0 Å². The number of aromatic nitrogens is 3. The highest BCUT2D eigenvalue weighted by atomic mass is 16.4. The van der Waals surface area contributed by atoms with Crippen molar-refractivity contribution in [1.29, 1.82) is 0 Å². The summed E-state index contributed by atoms with van der Waals surface area (Å²) in [5.74, 6) is -0.906. The van der Waals surface area contributed by atoms with Crippen LogP contribution in [0.1, 0.15) is 11.6 Å². The average molecular weight is 350 g/mol. The minimum atomic E-state index is -0.906. The number of benzene rings is 2. The second-order valence-electron chi connectivity index (χ2n) is 6.15. The van der Waals surface area contributed by atoms with E-state index >= 15 is 0 Å². The van der Waals surface area contributed by atoms with E-state index in [0.717, 1.165) is 27.9 Å². The molecule has 0 radical (unpaired) electrons. The highest BCUT2D eigenvalue weighted by molar-refractivity contribution is 5.75. The Balaban J connectivity index is 1.55. The minimum absolute atomic E-state index is 0.332. The lowest BCUT2D eigenvalue weighted by molar-refractivity contribution is -0.139. The Morgan fingerprint density at radius 3 is 2.19 bits per heavy atom. The average Bonchev–Trinajstić information content (AvgIpc) is 3.31. The number of hydrazine groups is 2. The molecule has 2 heterocycles. The first-order valence-corrected chi connectivity index (χ1v) is 8.18. The lowest BCUT2D eigenvalue weighted by atomic mass is 9.97. The number of carboxylic acids is 1. The van der Waals surface area contributed by atoms with Crippen LogP contribution in [0.15, 0.2) is 54.7 Å². The summed E-state index contributed by atoms with van der Waals surface area (Å²) in [6.45, 7) is 0. The van der Waals surface area contributed by atoms with Gasteiger partial charge in [0, 0.05) is 12.6 Å². The Bertz CT molecular complexity index is 920. The molecule has 0 saturated carbocycles. The number of aliphatic carboxylic acids is 1. The van der Waals surface area contributed by atoms with Gasteiger partial charge in [0.15, 0.2) is 0 Å². The van der Waals surface area contributed by atoms with Gasteiger partial charge in [-0.3, -0.25) is 4.79 Å². The smallest absolute Gasteiger partial charge is 0.324 e. The van der Waals surface area contributed by atoms with E-state index in [1.165, 1.54) is 0 Å². The summed E-state index contributed by atoms with van der Waals surface area (Å²) in [5, 5.41) is 17.1. The zero-order valence-corrected chi connectivity index (χ0v) is 14.0. The molecule has 2 aromatic carbocycles. The molecule has 4 rings (SSSR count). The van der Waals surface area contributed by atoms with Gasteiger partial charge in [0.05, 0.1) is 17.9 Å². The zero-order valence-electron chi connectivity index (χ0n) is 14.0. The molecule has 0 spiro atoms. The molecule has 1 aliphatic rings. The van der Waals surface area contributed by atoms with E-state index in [-0.39, 0.29) is 6.04 Å². The van der Waals surface area contributed by atoms with Crippen LogP contribution in [-0.4, -0.2) is 32.1 Å². The molecule has 2 unspecified atom stereocenters. The molecule has 1 fully saturated rings. The van der Waals surface area contributed by atoms with Gasteiger partial charge in [-0.15, -0.1) is 5.10 Å². The van der Waals surface area contributed by atoms with E-state index < -0.39 is 12.0 Å². The minimum Gasteiger partial charge on any atom is -0.480 e. The summed E-state index contributed by atoms with van der Waals surface area (Å²) >= 11 is 0. The van der Waals surface area contributed by atoms with Crippen LogP contribution in [0, 0.1) is 0 Å². The molecule has 8 heteroatoms. The van der Waals surface area contributed by atoms with Crippen LogP contribution in [0.25, 0.3) is 22.4 Å². The van der Waals surface area contributed by atoms with Crippen LogP contribution in [0.4, 0.5) is 0 Å². The van der Waals surface area contributed by atoms with Gasteiger partial charge < -0.3 is 5.11 Å². The lowest BCUT2D eigenvalue weighted by Crippen LogP contribution is -2.38. The van der Waals surface area contributed by atoms with Crippen molar-refractivity contribution in [2.45, 2.75) is 12.1 Å². The van der Waals surface area contributed by atoms with Crippen LogP contribution < -0.4 is 16.4 Å². The number of nitrogens with zero attached hydrogens (tertiary/aromatic N) is 3. The number of carbonyl (C=O) groups is 1.